The van der Waals surface area contributed by atoms with E-state index in [0.717, 1.165) is 19.4 Å². The van der Waals surface area contributed by atoms with Crippen LogP contribution in [0.1, 0.15) is 54.8 Å². The highest BCUT2D eigenvalue weighted by molar-refractivity contribution is 7.12. The monoisotopic (exact) mass is 253 g/mol. The van der Waals surface area contributed by atoms with Gasteiger partial charge < -0.3 is 10.5 Å². The summed E-state index contributed by atoms with van der Waals surface area (Å²) in [7, 11) is 0. The van der Waals surface area contributed by atoms with Crippen molar-refractivity contribution in [3.63, 3.8) is 0 Å². The lowest BCUT2D eigenvalue weighted by Crippen LogP contribution is -2.10. The molecule has 0 aliphatic carbocycles. The second-order valence-electron chi connectivity index (χ2n) is 4.83. The lowest BCUT2D eigenvalue weighted by molar-refractivity contribution is 0.101. The summed E-state index contributed by atoms with van der Waals surface area (Å²) in [6, 6.07) is 4.63. The van der Waals surface area contributed by atoms with Gasteiger partial charge in [-0.3, -0.25) is 0 Å². The predicted octanol–water partition coefficient (Wildman–Crippen LogP) is 3.66. The van der Waals surface area contributed by atoms with Crippen LogP contribution in [0.15, 0.2) is 12.1 Å². The van der Waals surface area contributed by atoms with Crippen molar-refractivity contribution in [3.05, 3.63) is 21.9 Å². The van der Waals surface area contributed by atoms with E-state index in [1.165, 1.54) is 35.4 Å². The zero-order chi connectivity index (χ0) is 12.1. The smallest absolute Gasteiger partial charge is 0.0576 e. The van der Waals surface area contributed by atoms with Gasteiger partial charge in [0, 0.05) is 22.4 Å². The van der Waals surface area contributed by atoms with Gasteiger partial charge in [0.2, 0.25) is 0 Å². The number of thiophene rings is 1. The maximum Gasteiger partial charge on any atom is 0.0576 e. The van der Waals surface area contributed by atoms with E-state index in [0.29, 0.717) is 6.10 Å². The molecule has 17 heavy (non-hydrogen) atoms. The molecule has 3 heteroatoms. The molecular formula is C14H23NOS. The molecule has 0 spiro atoms. The van der Waals surface area contributed by atoms with Gasteiger partial charge in [0.1, 0.15) is 0 Å². The number of nitrogens with two attached hydrogens (primary N) is 1. The van der Waals surface area contributed by atoms with Crippen molar-refractivity contribution < 1.29 is 4.74 Å². The second-order valence-corrected chi connectivity index (χ2v) is 6.03. The molecule has 2 atom stereocenters. The molecule has 1 aromatic heterocycles. The Balaban J connectivity index is 1.70. The number of hydrogen-bond donors (Lipinski definition) is 1. The Labute approximate surface area is 108 Å². The SMILES string of the molecule is CCc1ccc(C(N)CCCC2CCCO2)s1. The Kier molecular flexibility index (Phi) is 5.01. The van der Waals surface area contributed by atoms with Gasteiger partial charge in [0.05, 0.1) is 6.10 Å². The molecule has 1 aromatic rings. The summed E-state index contributed by atoms with van der Waals surface area (Å²) in [5.74, 6) is 0. The summed E-state index contributed by atoms with van der Waals surface area (Å²) >= 11 is 1.87. The fourth-order valence-corrected chi connectivity index (χ4v) is 3.35. The molecule has 1 aliphatic heterocycles. The van der Waals surface area contributed by atoms with Gasteiger partial charge in [0.25, 0.3) is 0 Å². The van der Waals surface area contributed by atoms with Crippen LogP contribution in [0.4, 0.5) is 0 Å². The van der Waals surface area contributed by atoms with Gasteiger partial charge in [-0.15, -0.1) is 11.3 Å². The van der Waals surface area contributed by atoms with Crippen molar-refractivity contribution >= 4 is 11.3 Å². The third kappa shape index (κ3) is 3.80. The van der Waals surface area contributed by atoms with Gasteiger partial charge >= 0.3 is 0 Å². The second kappa shape index (κ2) is 6.53. The third-order valence-electron chi connectivity index (χ3n) is 3.46. The van der Waals surface area contributed by atoms with Crippen molar-refractivity contribution in [2.75, 3.05) is 6.61 Å². The van der Waals surface area contributed by atoms with Crippen molar-refractivity contribution in [1.82, 2.24) is 0 Å². The van der Waals surface area contributed by atoms with Crippen molar-refractivity contribution in [1.29, 1.82) is 0 Å². The Morgan fingerprint density at radius 3 is 3.06 bits per heavy atom. The minimum absolute atomic E-state index is 0.224. The fraction of sp³-hybridized carbons (Fsp3) is 0.714. The molecule has 1 saturated heterocycles. The van der Waals surface area contributed by atoms with Crippen LogP contribution >= 0.6 is 11.3 Å². The summed E-state index contributed by atoms with van der Waals surface area (Å²) in [4.78, 5) is 2.78. The first-order valence-corrected chi connectivity index (χ1v) is 7.57. The first-order chi connectivity index (χ1) is 8.29. The Morgan fingerprint density at radius 2 is 2.41 bits per heavy atom. The van der Waals surface area contributed by atoms with Crippen LogP contribution in [0.2, 0.25) is 0 Å². The first-order valence-electron chi connectivity index (χ1n) is 6.75. The summed E-state index contributed by atoms with van der Waals surface area (Å²) < 4.78 is 5.62. The molecule has 2 rings (SSSR count). The minimum Gasteiger partial charge on any atom is -0.378 e. The van der Waals surface area contributed by atoms with Gasteiger partial charge in [-0.25, -0.2) is 0 Å². The average molecular weight is 253 g/mol. The van der Waals surface area contributed by atoms with Crippen molar-refractivity contribution in [2.45, 2.75) is 57.6 Å². The van der Waals surface area contributed by atoms with E-state index in [9.17, 15) is 0 Å². The van der Waals surface area contributed by atoms with E-state index in [2.05, 4.69) is 19.1 Å². The molecule has 2 heterocycles. The molecular weight excluding hydrogens is 230 g/mol. The largest absolute Gasteiger partial charge is 0.378 e. The van der Waals surface area contributed by atoms with E-state index in [1.807, 2.05) is 11.3 Å². The van der Waals surface area contributed by atoms with Crippen molar-refractivity contribution in [3.8, 4) is 0 Å². The molecule has 0 aromatic carbocycles. The number of aryl methyl sites for hydroxylation is 1. The van der Waals surface area contributed by atoms with Gasteiger partial charge in [-0.1, -0.05) is 6.92 Å². The van der Waals surface area contributed by atoms with Gasteiger partial charge in [-0.2, -0.15) is 0 Å². The minimum atomic E-state index is 0.224. The van der Waals surface area contributed by atoms with Gasteiger partial charge in [0.15, 0.2) is 0 Å². The van der Waals surface area contributed by atoms with Crippen LogP contribution in [-0.2, 0) is 11.2 Å². The summed E-state index contributed by atoms with van der Waals surface area (Å²) in [5, 5.41) is 0. The number of hydrogen-bond acceptors (Lipinski definition) is 3. The molecule has 1 fully saturated rings. The van der Waals surface area contributed by atoms with Crippen LogP contribution in [0.3, 0.4) is 0 Å². The zero-order valence-corrected chi connectivity index (χ0v) is 11.5. The molecule has 0 amide bonds. The van der Waals surface area contributed by atoms with Crippen LogP contribution in [-0.4, -0.2) is 12.7 Å². The normalized spacial score (nSPS) is 21.9. The Hall–Kier alpha value is -0.380. The van der Waals surface area contributed by atoms with Gasteiger partial charge in [-0.05, 0) is 50.7 Å². The quantitative estimate of drug-likeness (QED) is 0.839. The lowest BCUT2D eigenvalue weighted by Gasteiger charge is -2.12. The number of ether oxygens (including phenoxy) is 1. The van der Waals surface area contributed by atoms with Crippen LogP contribution in [0.5, 0.6) is 0 Å². The zero-order valence-electron chi connectivity index (χ0n) is 10.7. The molecule has 2 nitrogen and oxygen atoms in total. The number of rotatable bonds is 6. The molecule has 0 saturated carbocycles. The van der Waals surface area contributed by atoms with E-state index in [1.54, 1.807) is 0 Å². The first kappa shape index (κ1) is 13.1. The Bertz CT molecular complexity index is 331. The standard InChI is InChI=1S/C14H23NOS/c1-2-12-8-9-14(17-12)13(15)7-3-5-11-6-4-10-16-11/h8-9,11,13H,2-7,10,15H2,1H3. The summed E-state index contributed by atoms with van der Waals surface area (Å²) in [6.45, 7) is 3.15. The highest BCUT2D eigenvalue weighted by Gasteiger charge is 2.16. The van der Waals surface area contributed by atoms with E-state index in [4.69, 9.17) is 10.5 Å². The van der Waals surface area contributed by atoms with Crippen LogP contribution in [0.25, 0.3) is 0 Å². The highest BCUT2D eigenvalue weighted by atomic mass is 32.1. The maximum atomic E-state index is 6.22. The highest BCUT2D eigenvalue weighted by Crippen LogP contribution is 2.26. The van der Waals surface area contributed by atoms with Crippen LogP contribution in [0, 0.1) is 0 Å². The molecule has 0 bridgehead atoms. The average Bonchev–Trinajstić information content (AvgIpc) is 2.99. The molecule has 2 N–H and O–H groups in total. The third-order valence-corrected chi connectivity index (χ3v) is 4.82. The lowest BCUT2D eigenvalue weighted by atomic mass is 10.0. The van der Waals surface area contributed by atoms with Crippen molar-refractivity contribution in [2.24, 2.45) is 5.73 Å². The van der Waals surface area contributed by atoms with E-state index in [-0.39, 0.29) is 6.04 Å². The summed E-state index contributed by atoms with van der Waals surface area (Å²) in [5.41, 5.74) is 6.22. The molecule has 0 radical (unpaired) electrons. The van der Waals surface area contributed by atoms with Crippen LogP contribution < -0.4 is 5.73 Å². The fourth-order valence-electron chi connectivity index (χ4n) is 2.36. The van der Waals surface area contributed by atoms with E-state index < -0.39 is 0 Å². The summed E-state index contributed by atoms with van der Waals surface area (Å²) in [6.07, 6.45) is 7.56. The molecule has 96 valence electrons. The Morgan fingerprint density at radius 1 is 1.53 bits per heavy atom. The molecule has 2 unspecified atom stereocenters. The maximum absolute atomic E-state index is 6.22. The topological polar surface area (TPSA) is 35.2 Å². The predicted molar refractivity (Wildman–Crippen MR) is 73.5 cm³/mol. The van der Waals surface area contributed by atoms with E-state index >= 15 is 0 Å². The molecule has 1 aliphatic rings.